The maximum absolute atomic E-state index is 5.99. The molecule has 0 spiro atoms. The summed E-state index contributed by atoms with van der Waals surface area (Å²) in [4.78, 5) is 0. The highest BCUT2D eigenvalue weighted by Gasteiger charge is 2.30. The van der Waals surface area contributed by atoms with Crippen molar-refractivity contribution in [3.63, 3.8) is 0 Å². The van der Waals surface area contributed by atoms with E-state index in [0.717, 1.165) is 11.8 Å². The van der Waals surface area contributed by atoms with Crippen molar-refractivity contribution in [2.75, 3.05) is 0 Å². The summed E-state index contributed by atoms with van der Waals surface area (Å²) in [6.45, 7) is 15.2. The maximum Gasteiger partial charge on any atom is -0.0315 e. The molecule has 0 heterocycles. The van der Waals surface area contributed by atoms with E-state index in [1.807, 2.05) is 0 Å². The molecule has 0 bridgehead atoms. The molecule has 0 heteroatoms. The van der Waals surface area contributed by atoms with Crippen LogP contribution in [0.1, 0.15) is 47.0 Å². The van der Waals surface area contributed by atoms with Gasteiger partial charge >= 0.3 is 0 Å². The lowest BCUT2D eigenvalue weighted by atomic mass is 9.83. The van der Waals surface area contributed by atoms with Crippen molar-refractivity contribution in [3.8, 4) is 0 Å². The summed E-state index contributed by atoms with van der Waals surface area (Å²) in [5.41, 5.74) is 0.481. The molecule has 0 aromatic heterocycles. The van der Waals surface area contributed by atoms with Gasteiger partial charge in [0.1, 0.15) is 0 Å². The first-order valence-corrected chi connectivity index (χ1v) is 5.14. The lowest BCUT2D eigenvalue weighted by Gasteiger charge is -2.22. The van der Waals surface area contributed by atoms with Gasteiger partial charge in [-0.1, -0.05) is 27.7 Å². The fourth-order valence-corrected chi connectivity index (χ4v) is 2.45. The summed E-state index contributed by atoms with van der Waals surface area (Å²) >= 11 is 0. The van der Waals surface area contributed by atoms with Crippen LogP contribution in [0.3, 0.4) is 0 Å². The molecule has 12 heavy (non-hydrogen) atoms. The molecule has 1 rings (SSSR count). The number of hydrogen-bond acceptors (Lipinski definition) is 0. The van der Waals surface area contributed by atoms with Gasteiger partial charge in [-0.2, -0.15) is 0 Å². The molecule has 1 aliphatic carbocycles. The Morgan fingerprint density at radius 3 is 2.17 bits per heavy atom. The minimum atomic E-state index is 0.470. The Hall–Kier alpha value is 0. The van der Waals surface area contributed by atoms with E-state index in [1.165, 1.54) is 19.3 Å². The van der Waals surface area contributed by atoms with Crippen molar-refractivity contribution < 1.29 is 0 Å². The zero-order valence-corrected chi connectivity index (χ0v) is 8.93. The van der Waals surface area contributed by atoms with E-state index in [-0.39, 0.29) is 0 Å². The predicted octanol–water partition coefficient (Wildman–Crippen LogP) is 3.80. The van der Waals surface area contributed by atoms with Crippen LogP contribution in [0.2, 0.25) is 0 Å². The highest BCUT2D eigenvalue weighted by Crippen LogP contribution is 2.41. The molecule has 2 radical (unpaired) electrons. The molecule has 0 aliphatic heterocycles. The number of hydrogen-bond donors (Lipinski definition) is 0. The Morgan fingerprint density at radius 2 is 1.83 bits per heavy atom. The van der Waals surface area contributed by atoms with E-state index in [4.69, 9.17) is 6.92 Å². The second-order valence-electron chi connectivity index (χ2n) is 5.74. The summed E-state index contributed by atoms with van der Waals surface area (Å²) in [5.74, 6) is 2.10. The lowest BCUT2D eigenvalue weighted by Crippen LogP contribution is -2.11. The Balaban J connectivity index is 2.38. The fourth-order valence-electron chi connectivity index (χ4n) is 2.45. The maximum atomic E-state index is 5.99. The van der Waals surface area contributed by atoms with E-state index in [0.29, 0.717) is 11.3 Å². The van der Waals surface area contributed by atoms with Crippen LogP contribution in [0.4, 0.5) is 0 Å². The molecule has 3 atom stereocenters. The highest BCUT2D eigenvalue weighted by atomic mass is 14.4. The Labute approximate surface area is 77.7 Å². The van der Waals surface area contributed by atoms with Gasteiger partial charge in [0.15, 0.2) is 0 Å². The van der Waals surface area contributed by atoms with Gasteiger partial charge in [-0.3, -0.25) is 0 Å². The first-order valence-electron chi connectivity index (χ1n) is 5.14. The molecule has 0 aromatic rings. The second-order valence-corrected chi connectivity index (χ2v) is 5.74. The average Bonchev–Trinajstić information content (AvgIpc) is 2.07. The molecule has 0 aromatic carbocycles. The summed E-state index contributed by atoms with van der Waals surface area (Å²) in [6, 6.07) is 0. The lowest BCUT2D eigenvalue weighted by molar-refractivity contribution is 0.292. The van der Waals surface area contributed by atoms with Gasteiger partial charge in [-0.05, 0) is 49.4 Å². The smallest absolute Gasteiger partial charge is 0.0315 e. The highest BCUT2D eigenvalue weighted by molar-refractivity contribution is 4.84. The zero-order valence-electron chi connectivity index (χ0n) is 8.93. The second kappa shape index (κ2) is 3.40. The Kier molecular flexibility index (Phi) is 2.85. The molecular weight excluding hydrogens is 144 g/mol. The van der Waals surface area contributed by atoms with Gasteiger partial charge in [0.2, 0.25) is 0 Å². The van der Waals surface area contributed by atoms with Crippen molar-refractivity contribution in [3.05, 3.63) is 6.92 Å². The molecule has 0 saturated heterocycles. The molecule has 1 saturated carbocycles. The van der Waals surface area contributed by atoms with Gasteiger partial charge in [0.05, 0.1) is 0 Å². The van der Waals surface area contributed by atoms with E-state index in [2.05, 4.69) is 27.7 Å². The molecular formula is C12H22. The Morgan fingerprint density at radius 1 is 1.25 bits per heavy atom. The van der Waals surface area contributed by atoms with Gasteiger partial charge in [-0.25, -0.2) is 0 Å². The third-order valence-electron chi connectivity index (χ3n) is 2.94. The molecule has 70 valence electrons. The number of rotatable bonds is 1. The minimum absolute atomic E-state index is 0.470. The first kappa shape index (κ1) is 10.1. The largest absolute Gasteiger partial charge is 0.0622 e. The van der Waals surface area contributed by atoms with Crippen LogP contribution in [0.25, 0.3) is 0 Å². The summed E-state index contributed by atoms with van der Waals surface area (Å²) in [7, 11) is 0. The van der Waals surface area contributed by atoms with E-state index < -0.39 is 0 Å². The van der Waals surface area contributed by atoms with E-state index in [9.17, 15) is 0 Å². The monoisotopic (exact) mass is 166 g/mol. The average molecular weight is 166 g/mol. The predicted molar refractivity (Wildman–Crippen MR) is 53.8 cm³/mol. The first-order chi connectivity index (χ1) is 5.38. The third kappa shape index (κ3) is 2.80. The van der Waals surface area contributed by atoms with E-state index in [1.54, 1.807) is 0 Å². The van der Waals surface area contributed by atoms with E-state index >= 15 is 0 Å². The van der Waals surface area contributed by atoms with Crippen LogP contribution in [0.5, 0.6) is 0 Å². The van der Waals surface area contributed by atoms with Crippen molar-refractivity contribution in [2.45, 2.75) is 47.0 Å². The van der Waals surface area contributed by atoms with Crippen molar-refractivity contribution in [1.82, 2.24) is 0 Å². The van der Waals surface area contributed by atoms with Crippen molar-refractivity contribution in [2.24, 2.45) is 23.2 Å². The SMILES string of the molecule is [CH]C1CC(CC(C)(C)C)CC1C. The van der Waals surface area contributed by atoms with Crippen LogP contribution >= 0.6 is 0 Å². The molecule has 3 unspecified atom stereocenters. The third-order valence-corrected chi connectivity index (χ3v) is 2.94. The topological polar surface area (TPSA) is 0 Å². The van der Waals surface area contributed by atoms with Crippen molar-refractivity contribution in [1.29, 1.82) is 0 Å². The minimum Gasteiger partial charge on any atom is -0.0622 e. The van der Waals surface area contributed by atoms with Gasteiger partial charge in [-0.15, -0.1) is 0 Å². The van der Waals surface area contributed by atoms with Crippen LogP contribution in [0, 0.1) is 30.1 Å². The normalized spacial score (nSPS) is 37.2. The molecule has 1 fully saturated rings. The molecule has 0 nitrogen and oxygen atoms in total. The summed E-state index contributed by atoms with van der Waals surface area (Å²) in [5, 5.41) is 0. The summed E-state index contributed by atoms with van der Waals surface area (Å²) in [6.07, 6.45) is 3.93. The molecule has 0 N–H and O–H groups in total. The van der Waals surface area contributed by atoms with Crippen LogP contribution < -0.4 is 0 Å². The van der Waals surface area contributed by atoms with Crippen LogP contribution in [-0.2, 0) is 0 Å². The standard InChI is InChI=1S/C12H22/c1-9-6-11(7-10(9)2)8-12(3,4)5/h1,9-11H,6-8H2,2-5H3. The summed E-state index contributed by atoms with van der Waals surface area (Å²) < 4.78 is 0. The van der Waals surface area contributed by atoms with Crippen LogP contribution in [-0.4, -0.2) is 0 Å². The van der Waals surface area contributed by atoms with Gasteiger partial charge in [0, 0.05) is 0 Å². The zero-order chi connectivity index (χ0) is 9.35. The van der Waals surface area contributed by atoms with Gasteiger partial charge < -0.3 is 0 Å². The quantitative estimate of drug-likeness (QED) is 0.556. The molecule has 0 amide bonds. The fraction of sp³-hybridized carbons (Fsp3) is 0.917. The van der Waals surface area contributed by atoms with Gasteiger partial charge in [0.25, 0.3) is 0 Å². The molecule has 1 aliphatic rings. The van der Waals surface area contributed by atoms with Crippen molar-refractivity contribution >= 4 is 0 Å². The Bertz CT molecular complexity index is 131. The van der Waals surface area contributed by atoms with Crippen LogP contribution in [0.15, 0.2) is 0 Å².